The van der Waals surface area contributed by atoms with Gasteiger partial charge >= 0.3 is 46.9 Å². The molecule has 0 aliphatic rings. The Labute approximate surface area is 497 Å². The molecule has 0 bridgehead atoms. The van der Waals surface area contributed by atoms with Gasteiger partial charge in [-0.15, -0.1) is 11.4 Å². The summed E-state index contributed by atoms with van der Waals surface area (Å²) in [5.41, 5.74) is 12.0. The van der Waals surface area contributed by atoms with Gasteiger partial charge in [-0.2, -0.15) is 12.4 Å². The van der Waals surface area contributed by atoms with E-state index in [1.165, 1.54) is 71.2 Å². The van der Waals surface area contributed by atoms with Gasteiger partial charge in [-0.25, -0.2) is 0 Å². The minimum atomic E-state index is -1.11. The first kappa shape index (κ1) is 58.1. The molecule has 0 atom stereocenters. The normalized spacial score (nSPS) is 11.4. The van der Waals surface area contributed by atoms with Gasteiger partial charge < -0.3 is 24.4 Å². The molecule has 0 amide bonds. The number of hydrogen-bond acceptors (Lipinski definition) is 4. The van der Waals surface area contributed by atoms with Crippen LogP contribution in [0.2, 0.25) is 39.3 Å². The molecule has 9 aromatic carbocycles. The average molecular weight is 1200 g/mol. The topological polar surface area (TPSA) is 73.5 Å². The summed E-state index contributed by atoms with van der Waals surface area (Å²) in [7, 11) is 6.16. The summed E-state index contributed by atoms with van der Waals surface area (Å²) < 4.78 is 4.82. The molecule has 0 unspecified atom stereocenters. The average Bonchev–Trinajstić information content (AvgIpc) is 4.17. The standard InChI is InChI=1S/2C27H22N3.C7H8.C6H18NSi2.Yb/c2*1-30(2)25-16-14-20-9-4-6-12-23(20)27(25)26-22-11-5-3-8-19(22)13-15-24(26)29-18-21-10-7-17-28-21;1-7-5-3-2-4-6-7;1-8(2,3)7-9(4,5)6;/h2*3-18H,1-2H3;2-6H,1H3;1-6H3;/q2*-1;;-1;+3. The predicted molar refractivity (Wildman–Crippen MR) is 338 cm³/mol. The molecule has 10 heteroatoms. The van der Waals surface area contributed by atoms with Crippen LogP contribution in [0, 0.1) is 53.8 Å². The van der Waals surface area contributed by atoms with Gasteiger partial charge in [-0.3, -0.25) is 9.98 Å². The number of fused-ring (bicyclic) bond motifs is 4. The fourth-order valence-electron chi connectivity index (χ4n) is 9.64. The maximum atomic E-state index is 4.88. The molecule has 395 valence electrons. The molecule has 2 heterocycles. The second-order valence-corrected chi connectivity index (χ2v) is 30.8. The van der Waals surface area contributed by atoms with Crippen LogP contribution in [-0.2, 0) is 0 Å². The molecular formula is C67H70N7Si2Yb. The van der Waals surface area contributed by atoms with Crippen molar-refractivity contribution in [3.63, 3.8) is 0 Å². The Morgan fingerprint density at radius 2 is 0.701 bits per heavy atom. The molecule has 11 rings (SSSR count). The Bertz CT molecular complexity index is 3500. The second kappa shape index (κ2) is 26.7. The van der Waals surface area contributed by atoms with Crippen LogP contribution in [-0.4, -0.2) is 57.1 Å². The molecule has 0 aliphatic carbocycles. The van der Waals surface area contributed by atoms with E-state index in [2.05, 4.69) is 252 Å². The molecule has 0 saturated heterocycles. The van der Waals surface area contributed by atoms with E-state index < -0.39 is 16.5 Å². The van der Waals surface area contributed by atoms with Crippen LogP contribution in [0.3, 0.4) is 0 Å². The number of benzene rings is 9. The summed E-state index contributed by atoms with van der Waals surface area (Å²) >= 11 is 0. The molecule has 0 aliphatic heterocycles. The number of nitrogens with zero attached hydrogens (tertiary/aromatic N) is 7. The zero-order chi connectivity index (χ0) is 53.8. The SMILES string of the molecule is CN(C)c1ccc2ccccc2c1-c1c(N=Cc2ccc[n-]2)ccc2ccccc12.CN(C)c1ccc2ccccc2c1-c1c(N=Cc2ccc[n-]2)ccc2ccccc12.C[Si](C)(C)[N-][Si](C)(C)C.Cc1ccccc1.[Yb+3]. The number of anilines is 2. The van der Waals surface area contributed by atoms with Crippen LogP contribution in [0.4, 0.5) is 22.7 Å². The zero-order valence-electron chi connectivity index (χ0n) is 46.3. The predicted octanol–water partition coefficient (Wildman–Crippen LogP) is 17.9. The van der Waals surface area contributed by atoms with E-state index >= 15 is 0 Å². The number of aryl methyl sites for hydroxylation is 1. The fraction of sp³-hybridized carbons (Fsp3) is 0.164. The smallest absolute Gasteiger partial charge is 0.668 e. The summed E-state index contributed by atoms with van der Waals surface area (Å²) in [5, 5.41) is 9.69. The number of aromatic nitrogens is 2. The van der Waals surface area contributed by atoms with E-state index in [1.54, 1.807) is 12.4 Å². The van der Waals surface area contributed by atoms with E-state index in [4.69, 9.17) is 14.6 Å². The summed E-state index contributed by atoms with van der Waals surface area (Å²) in [6.45, 7) is 15.9. The van der Waals surface area contributed by atoms with Crippen LogP contribution in [0.15, 0.2) is 223 Å². The molecule has 2 aromatic heterocycles. The van der Waals surface area contributed by atoms with Crippen molar-refractivity contribution in [3.8, 4) is 22.3 Å². The molecule has 7 nitrogen and oxygen atoms in total. The van der Waals surface area contributed by atoms with Crippen molar-refractivity contribution in [2.75, 3.05) is 38.0 Å². The third kappa shape index (κ3) is 15.3. The van der Waals surface area contributed by atoms with Gasteiger partial charge in [0.2, 0.25) is 0 Å². The minimum Gasteiger partial charge on any atom is -0.668 e. The summed E-state index contributed by atoms with van der Waals surface area (Å²) in [5.74, 6) is 0. The Balaban J connectivity index is 0.000000173. The van der Waals surface area contributed by atoms with E-state index in [0.717, 1.165) is 33.9 Å². The van der Waals surface area contributed by atoms with Crippen LogP contribution < -0.4 is 19.8 Å². The van der Waals surface area contributed by atoms with Gasteiger partial charge in [0, 0.05) is 74.2 Å². The first-order chi connectivity index (χ1) is 36.5. The van der Waals surface area contributed by atoms with Crippen LogP contribution in [0.25, 0.3) is 70.0 Å². The Morgan fingerprint density at radius 3 is 0.987 bits per heavy atom. The van der Waals surface area contributed by atoms with Crippen molar-refractivity contribution in [2.45, 2.75) is 46.2 Å². The Morgan fingerprint density at radius 1 is 0.377 bits per heavy atom. The minimum absolute atomic E-state index is 0. The maximum Gasteiger partial charge on any atom is 3.00 e. The van der Waals surface area contributed by atoms with Gasteiger partial charge in [-0.1, -0.05) is 237 Å². The monoisotopic (exact) mass is 1200 g/mol. The molecule has 0 N–H and O–H groups in total. The van der Waals surface area contributed by atoms with E-state index in [9.17, 15) is 0 Å². The first-order valence-corrected chi connectivity index (χ1v) is 32.9. The summed E-state index contributed by atoms with van der Waals surface area (Å²) in [4.78, 5) is 22.8. The van der Waals surface area contributed by atoms with Crippen LogP contribution in [0.1, 0.15) is 17.0 Å². The molecule has 0 spiro atoms. The van der Waals surface area contributed by atoms with Gasteiger partial charge in [0.1, 0.15) is 0 Å². The van der Waals surface area contributed by atoms with Gasteiger partial charge in [0.15, 0.2) is 0 Å². The van der Waals surface area contributed by atoms with E-state index in [1.807, 2.05) is 54.9 Å². The summed E-state index contributed by atoms with van der Waals surface area (Å²) in [6, 6.07) is 69.5. The number of hydrogen-bond donors (Lipinski definition) is 0. The molecule has 0 saturated carbocycles. The van der Waals surface area contributed by atoms with Gasteiger partial charge in [0.25, 0.3) is 0 Å². The zero-order valence-corrected chi connectivity index (χ0v) is 50.0. The first-order valence-electron chi connectivity index (χ1n) is 26.0. The van der Waals surface area contributed by atoms with E-state index in [-0.39, 0.29) is 46.9 Å². The Hall–Kier alpha value is -6.57. The molecule has 1 radical (unpaired) electrons. The quantitative estimate of drug-likeness (QED) is 0.101. The molecular weight excluding hydrogens is 1130 g/mol. The fourth-order valence-corrected chi connectivity index (χ4v) is 17.7. The van der Waals surface area contributed by atoms with Crippen molar-refractivity contribution in [1.29, 1.82) is 0 Å². The molecule has 0 fully saturated rings. The Kier molecular flexibility index (Phi) is 20.1. The van der Waals surface area contributed by atoms with Crippen molar-refractivity contribution >= 4 is 94.7 Å². The third-order valence-corrected chi connectivity index (χ3v) is 17.9. The van der Waals surface area contributed by atoms with Gasteiger partial charge in [0.05, 0.1) is 11.4 Å². The number of aliphatic imine (C=N–C) groups is 2. The second-order valence-electron chi connectivity index (χ2n) is 21.3. The molecule has 77 heavy (non-hydrogen) atoms. The third-order valence-electron chi connectivity index (χ3n) is 12.5. The van der Waals surface area contributed by atoms with Gasteiger partial charge in [-0.05, 0) is 74.3 Å². The number of rotatable bonds is 10. The summed E-state index contributed by atoms with van der Waals surface area (Å²) in [6.07, 6.45) is 7.26. The largest absolute Gasteiger partial charge is 3.00 e. The van der Waals surface area contributed by atoms with Crippen molar-refractivity contribution in [1.82, 2.24) is 9.97 Å². The van der Waals surface area contributed by atoms with E-state index in [0.29, 0.717) is 0 Å². The molecule has 11 aromatic rings. The van der Waals surface area contributed by atoms with Crippen molar-refractivity contribution in [3.05, 3.63) is 234 Å². The maximum absolute atomic E-state index is 4.88. The van der Waals surface area contributed by atoms with Crippen LogP contribution in [0.5, 0.6) is 0 Å². The van der Waals surface area contributed by atoms with Crippen molar-refractivity contribution < 1.29 is 46.9 Å². The van der Waals surface area contributed by atoms with Crippen molar-refractivity contribution in [2.24, 2.45) is 9.98 Å². The van der Waals surface area contributed by atoms with Crippen LogP contribution >= 0.6 is 0 Å².